The van der Waals surface area contributed by atoms with Crippen LogP contribution in [0.3, 0.4) is 0 Å². The van der Waals surface area contributed by atoms with Gasteiger partial charge in [0.15, 0.2) is 17.3 Å². The van der Waals surface area contributed by atoms with Gasteiger partial charge in [-0.15, -0.1) is 0 Å². The van der Waals surface area contributed by atoms with Gasteiger partial charge in [0.2, 0.25) is 5.78 Å². The Morgan fingerprint density at radius 3 is 2.53 bits per heavy atom. The highest BCUT2D eigenvalue weighted by molar-refractivity contribution is 6.05. The lowest BCUT2D eigenvalue weighted by Gasteiger charge is -2.42. The predicted molar refractivity (Wildman–Crippen MR) is 101 cm³/mol. The number of phenolic OH excluding ortho intramolecular Hbond substituents is 1. The maximum absolute atomic E-state index is 12.8. The van der Waals surface area contributed by atoms with E-state index in [9.17, 15) is 27.9 Å². The number of fused-ring (bicyclic) bond motifs is 3. The molecular weight excluding hydrogens is 403 g/mol. The van der Waals surface area contributed by atoms with Crippen molar-refractivity contribution in [2.75, 3.05) is 27.8 Å². The van der Waals surface area contributed by atoms with E-state index in [4.69, 9.17) is 9.47 Å². The van der Waals surface area contributed by atoms with Gasteiger partial charge in [0.1, 0.15) is 0 Å². The molecule has 9 heteroatoms. The third kappa shape index (κ3) is 3.53. The molecule has 0 fully saturated rings. The zero-order valence-electron chi connectivity index (χ0n) is 16.8. The molecule has 0 radical (unpaired) electrons. The molecule has 0 heterocycles. The molecule has 2 aliphatic carbocycles. The molecule has 0 aliphatic heterocycles. The number of aryl methyl sites for hydroxylation is 1. The lowest BCUT2D eigenvalue weighted by molar-refractivity contribution is -0.184. The van der Waals surface area contributed by atoms with E-state index in [1.807, 2.05) is 0 Å². The fourth-order valence-electron chi connectivity index (χ4n) is 4.21. The summed E-state index contributed by atoms with van der Waals surface area (Å²) >= 11 is 0. The van der Waals surface area contributed by atoms with Crippen LogP contribution in [-0.4, -0.2) is 55.7 Å². The number of aromatic hydroxyl groups is 1. The number of methoxy groups -OCH3 is 2. The number of halogens is 3. The van der Waals surface area contributed by atoms with Crippen molar-refractivity contribution in [2.45, 2.75) is 30.9 Å². The molecule has 1 aromatic carbocycles. The van der Waals surface area contributed by atoms with E-state index in [1.54, 1.807) is 12.1 Å². The quantitative estimate of drug-likeness (QED) is 0.785. The van der Waals surface area contributed by atoms with Gasteiger partial charge >= 0.3 is 12.1 Å². The van der Waals surface area contributed by atoms with Crippen LogP contribution in [0.1, 0.15) is 24.0 Å². The molecule has 3 rings (SSSR count). The summed E-state index contributed by atoms with van der Waals surface area (Å²) in [7, 11) is 3.79. The number of ether oxygens (including phenoxy) is 2. The van der Waals surface area contributed by atoms with Gasteiger partial charge in [-0.2, -0.15) is 13.2 Å². The van der Waals surface area contributed by atoms with E-state index >= 15 is 0 Å². The van der Waals surface area contributed by atoms with Gasteiger partial charge in [-0.3, -0.25) is 9.59 Å². The SMILES string of the molecule is COC1=CC2(CCN(C)C(=O)C(F)(F)F)C(=CC1=O)CCc1ccc(OC)c(O)c12. The molecule has 1 N–H and O–H groups in total. The molecule has 0 bridgehead atoms. The number of amides is 1. The molecule has 30 heavy (non-hydrogen) atoms. The third-order valence-corrected chi connectivity index (χ3v) is 5.71. The molecule has 1 amide bonds. The molecule has 2 aliphatic rings. The van der Waals surface area contributed by atoms with E-state index in [1.165, 1.54) is 26.4 Å². The van der Waals surface area contributed by atoms with Crippen LogP contribution in [0, 0.1) is 0 Å². The highest BCUT2D eigenvalue weighted by Crippen LogP contribution is 2.53. The first-order valence-electron chi connectivity index (χ1n) is 9.29. The topological polar surface area (TPSA) is 76.1 Å². The largest absolute Gasteiger partial charge is 0.504 e. The Labute approximate surface area is 171 Å². The molecule has 0 saturated heterocycles. The van der Waals surface area contributed by atoms with Crippen LogP contribution >= 0.6 is 0 Å². The Morgan fingerprint density at radius 1 is 1.23 bits per heavy atom. The number of carbonyl (C=O) groups is 2. The number of ketones is 1. The zero-order chi connectivity index (χ0) is 22.3. The first kappa shape index (κ1) is 21.7. The average Bonchev–Trinajstić information content (AvgIpc) is 2.70. The number of allylic oxidation sites excluding steroid dienone is 3. The maximum Gasteiger partial charge on any atom is 0.471 e. The van der Waals surface area contributed by atoms with Crippen molar-refractivity contribution in [2.24, 2.45) is 0 Å². The lowest BCUT2D eigenvalue weighted by atomic mass is 9.62. The van der Waals surface area contributed by atoms with Crippen LogP contribution in [0.4, 0.5) is 13.2 Å². The molecule has 0 spiro atoms. The summed E-state index contributed by atoms with van der Waals surface area (Å²) in [6.45, 7) is -0.256. The minimum Gasteiger partial charge on any atom is -0.504 e. The summed E-state index contributed by atoms with van der Waals surface area (Å²) in [4.78, 5) is 24.5. The summed E-state index contributed by atoms with van der Waals surface area (Å²) in [5.41, 5.74) is 0.786. The summed E-state index contributed by atoms with van der Waals surface area (Å²) < 4.78 is 48.9. The predicted octanol–water partition coefficient (Wildman–Crippen LogP) is 3.04. The fraction of sp³-hybridized carbons (Fsp3) is 0.429. The second-order valence-electron chi connectivity index (χ2n) is 7.34. The first-order chi connectivity index (χ1) is 14.0. The molecule has 1 unspecified atom stereocenters. The number of hydrogen-bond donors (Lipinski definition) is 1. The van der Waals surface area contributed by atoms with Crippen molar-refractivity contribution in [3.63, 3.8) is 0 Å². The number of nitrogens with zero attached hydrogens (tertiary/aromatic N) is 1. The van der Waals surface area contributed by atoms with Crippen molar-refractivity contribution in [3.8, 4) is 11.5 Å². The van der Waals surface area contributed by atoms with E-state index in [0.717, 1.165) is 12.6 Å². The smallest absolute Gasteiger partial charge is 0.471 e. The Morgan fingerprint density at radius 2 is 1.93 bits per heavy atom. The van der Waals surface area contributed by atoms with E-state index in [0.29, 0.717) is 28.9 Å². The van der Waals surface area contributed by atoms with Crippen LogP contribution in [0.2, 0.25) is 0 Å². The van der Waals surface area contributed by atoms with Gasteiger partial charge in [0.05, 0.1) is 14.2 Å². The second-order valence-corrected chi connectivity index (χ2v) is 7.34. The third-order valence-electron chi connectivity index (χ3n) is 5.71. The first-order valence-corrected chi connectivity index (χ1v) is 9.29. The summed E-state index contributed by atoms with van der Waals surface area (Å²) in [5, 5.41) is 10.9. The van der Waals surface area contributed by atoms with Crippen LogP contribution in [0.15, 0.2) is 35.6 Å². The van der Waals surface area contributed by atoms with Crippen molar-refractivity contribution in [1.29, 1.82) is 0 Å². The number of benzene rings is 1. The highest BCUT2D eigenvalue weighted by atomic mass is 19.4. The summed E-state index contributed by atoms with van der Waals surface area (Å²) in [6.07, 6.45) is -1.00. The molecule has 1 atom stereocenters. The highest BCUT2D eigenvalue weighted by Gasteiger charge is 2.47. The Kier molecular flexibility index (Phi) is 5.58. The van der Waals surface area contributed by atoms with Crippen LogP contribution in [-0.2, 0) is 26.2 Å². The van der Waals surface area contributed by atoms with Crippen LogP contribution < -0.4 is 4.74 Å². The second kappa shape index (κ2) is 7.70. The van der Waals surface area contributed by atoms with Crippen molar-refractivity contribution in [3.05, 3.63) is 46.7 Å². The number of carbonyl (C=O) groups excluding carboxylic acids is 2. The minimum absolute atomic E-state index is 0.0189. The minimum atomic E-state index is -4.99. The van der Waals surface area contributed by atoms with Crippen molar-refractivity contribution < 1.29 is 37.3 Å². The molecule has 0 aromatic heterocycles. The Hall–Kier alpha value is -2.97. The van der Waals surface area contributed by atoms with Crippen molar-refractivity contribution in [1.82, 2.24) is 4.90 Å². The average molecular weight is 425 g/mol. The normalized spacial score (nSPS) is 20.5. The molecular formula is C21H22F3NO5. The monoisotopic (exact) mass is 425 g/mol. The van der Waals surface area contributed by atoms with Gasteiger partial charge in [-0.05, 0) is 43.0 Å². The number of rotatable bonds is 5. The molecule has 0 saturated carbocycles. The molecule has 1 aromatic rings. The molecule has 162 valence electrons. The lowest BCUT2D eigenvalue weighted by Crippen LogP contribution is -2.43. The fourth-order valence-corrected chi connectivity index (χ4v) is 4.21. The summed E-state index contributed by atoms with van der Waals surface area (Å²) in [5.74, 6) is -2.23. The van der Waals surface area contributed by atoms with Gasteiger partial charge in [-0.25, -0.2) is 0 Å². The number of phenols is 1. The van der Waals surface area contributed by atoms with Gasteiger partial charge in [0, 0.05) is 24.6 Å². The van der Waals surface area contributed by atoms with E-state index < -0.39 is 17.5 Å². The summed E-state index contributed by atoms with van der Waals surface area (Å²) in [6, 6.07) is 3.40. The Bertz CT molecular complexity index is 951. The van der Waals surface area contributed by atoms with E-state index in [2.05, 4.69) is 0 Å². The zero-order valence-corrected chi connectivity index (χ0v) is 16.8. The number of hydrogen-bond acceptors (Lipinski definition) is 5. The Balaban J connectivity index is 2.13. The van der Waals surface area contributed by atoms with Gasteiger partial charge in [-0.1, -0.05) is 11.6 Å². The van der Waals surface area contributed by atoms with Gasteiger partial charge in [0.25, 0.3) is 0 Å². The van der Waals surface area contributed by atoms with Gasteiger partial charge < -0.3 is 19.5 Å². The van der Waals surface area contributed by atoms with Crippen LogP contribution in [0.5, 0.6) is 11.5 Å². The van der Waals surface area contributed by atoms with E-state index in [-0.39, 0.29) is 36.0 Å². The molecule has 6 nitrogen and oxygen atoms in total. The van der Waals surface area contributed by atoms with Crippen LogP contribution in [0.25, 0.3) is 0 Å². The maximum atomic E-state index is 12.8. The standard InChI is InChI=1S/C21H22F3NO5/c1-25(19(28)21(22,23)24)9-8-20-11-16(30-3)14(26)10-13(20)6-4-12-5-7-15(29-2)18(27)17(12)20/h5,7,10-11,27H,4,6,8-9H2,1-3H3. The van der Waals surface area contributed by atoms with Crippen molar-refractivity contribution >= 4 is 11.7 Å². The number of alkyl halides is 3.